The summed E-state index contributed by atoms with van der Waals surface area (Å²) >= 11 is 0. The molecule has 0 aromatic heterocycles. The smallest absolute Gasteiger partial charge is 0.329 e. The molecule has 0 bridgehead atoms. The summed E-state index contributed by atoms with van der Waals surface area (Å²) in [6, 6.07) is 0.0173. The maximum Gasteiger partial charge on any atom is 0.329 e. The molecule has 5 nitrogen and oxygen atoms in total. The van der Waals surface area contributed by atoms with Crippen LogP contribution in [0, 0.1) is 0 Å². The van der Waals surface area contributed by atoms with Gasteiger partial charge in [0.15, 0.2) is 0 Å². The third-order valence-corrected chi connectivity index (χ3v) is 4.28. The zero-order valence-electron chi connectivity index (χ0n) is 10.9. The maximum absolute atomic E-state index is 12.2. The average molecular weight is 254 g/mol. The number of nitrogens with one attached hydrogen (secondary N) is 1. The normalized spacial score (nSPS) is 26.9. The van der Waals surface area contributed by atoms with Crippen LogP contribution < -0.4 is 5.32 Å². The fraction of sp³-hybridized carbons (Fsp3) is 0.846. The number of aliphatic carboxylic acids is 1. The van der Waals surface area contributed by atoms with Gasteiger partial charge < -0.3 is 15.3 Å². The van der Waals surface area contributed by atoms with Crippen molar-refractivity contribution in [3.63, 3.8) is 0 Å². The topological polar surface area (TPSA) is 69.6 Å². The second-order valence-electron chi connectivity index (χ2n) is 5.56. The highest BCUT2D eigenvalue weighted by atomic mass is 16.4. The van der Waals surface area contributed by atoms with Crippen LogP contribution in [-0.2, 0) is 4.79 Å². The minimum Gasteiger partial charge on any atom is -0.480 e. The molecular weight excluding hydrogens is 232 g/mol. The van der Waals surface area contributed by atoms with Crippen LogP contribution in [0.5, 0.6) is 0 Å². The maximum atomic E-state index is 12.2. The van der Waals surface area contributed by atoms with Crippen LogP contribution in [0.15, 0.2) is 0 Å². The summed E-state index contributed by atoms with van der Waals surface area (Å²) in [7, 11) is 0. The lowest BCUT2D eigenvalue weighted by Crippen LogP contribution is -2.59. The van der Waals surface area contributed by atoms with Crippen LogP contribution in [0.4, 0.5) is 4.79 Å². The van der Waals surface area contributed by atoms with E-state index >= 15 is 0 Å². The van der Waals surface area contributed by atoms with Gasteiger partial charge in [-0.25, -0.2) is 9.59 Å². The second kappa shape index (κ2) is 5.16. The number of carboxylic acid groups (broad SMARTS) is 1. The fourth-order valence-electron chi connectivity index (χ4n) is 3.06. The van der Waals surface area contributed by atoms with E-state index in [1.165, 1.54) is 0 Å². The van der Waals surface area contributed by atoms with Crippen LogP contribution >= 0.6 is 0 Å². The molecule has 2 aliphatic rings. The first-order valence-corrected chi connectivity index (χ1v) is 6.87. The van der Waals surface area contributed by atoms with Crippen LogP contribution in [0.1, 0.15) is 51.9 Å². The minimum atomic E-state index is -1.03. The van der Waals surface area contributed by atoms with Crippen molar-refractivity contribution >= 4 is 12.0 Å². The highest BCUT2D eigenvalue weighted by Crippen LogP contribution is 2.29. The number of carboxylic acids is 1. The van der Waals surface area contributed by atoms with E-state index < -0.39 is 11.5 Å². The molecule has 1 unspecified atom stereocenters. The number of rotatable bonds is 2. The Morgan fingerprint density at radius 1 is 1.22 bits per heavy atom. The Bertz CT molecular complexity index is 337. The van der Waals surface area contributed by atoms with E-state index in [0.717, 1.165) is 38.6 Å². The molecule has 0 aromatic carbocycles. The number of carbonyl (C=O) groups excluding carboxylic acids is 1. The summed E-state index contributed by atoms with van der Waals surface area (Å²) < 4.78 is 0. The molecule has 1 aliphatic heterocycles. The third-order valence-electron chi connectivity index (χ3n) is 4.28. The summed E-state index contributed by atoms with van der Waals surface area (Å²) in [5, 5.41) is 12.2. The van der Waals surface area contributed by atoms with Crippen LogP contribution in [0.3, 0.4) is 0 Å². The van der Waals surface area contributed by atoms with Gasteiger partial charge in [-0.2, -0.15) is 0 Å². The monoisotopic (exact) mass is 254 g/mol. The van der Waals surface area contributed by atoms with Crippen molar-refractivity contribution in [1.82, 2.24) is 10.2 Å². The third kappa shape index (κ3) is 2.44. The molecule has 0 spiro atoms. The van der Waals surface area contributed by atoms with Gasteiger partial charge in [-0.05, 0) is 32.6 Å². The van der Waals surface area contributed by atoms with E-state index in [1.54, 1.807) is 4.90 Å². The predicted octanol–water partition coefficient (Wildman–Crippen LogP) is 1.97. The second-order valence-corrected chi connectivity index (χ2v) is 5.56. The van der Waals surface area contributed by atoms with Crippen molar-refractivity contribution in [2.75, 3.05) is 6.54 Å². The summed E-state index contributed by atoms with van der Waals surface area (Å²) in [6.07, 6.45) is 5.93. The largest absolute Gasteiger partial charge is 0.480 e. The van der Waals surface area contributed by atoms with Gasteiger partial charge in [0.25, 0.3) is 0 Å². The first kappa shape index (κ1) is 13.2. The molecule has 1 saturated heterocycles. The van der Waals surface area contributed by atoms with Crippen molar-refractivity contribution in [3.8, 4) is 0 Å². The molecule has 2 rings (SSSR count). The van der Waals surface area contributed by atoms with Crippen LogP contribution in [0.2, 0.25) is 0 Å². The number of carbonyl (C=O) groups is 2. The summed E-state index contributed by atoms with van der Waals surface area (Å²) in [5.74, 6) is -0.887. The van der Waals surface area contributed by atoms with E-state index in [2.05, 4.69) is 5.32 Å². The summed E-state index contributed by atoms with van der Waals surface area (Å²) in [4.78, 5) is 25.4. The van der Waals surface area contributed by atoms with E-state index in [1.807, 2.05) is 6.92 Å². The van der Waals surface area contributed by atoms with Crippen molar-refractivity contribution in [2.24, 2.45) is 0 Å². The molecule has 1 aliphatic carbocycles. The van der Waals surface area contributed by atoms with E-state index in [-0.39, 0.29) is 12.1 Å². The van der Waals surface area contributed by atoms with Gasteiger partial charge in [0.05, 0.1) is 0 Å². The summed E-state index contributed by atoms with van der Waals surface area (Å²) in [6.45, 7) is 2.75. The SMILES string of the molecule is CC1CCCN1C(=O)NC1(C(=O)O)CCCCC1. The van der Waals surface area contributed by atoms with Gasteiger partial charge in [0, 0.05) is 12.6 Å². The molecule has 2 amide bonds. The van der Waals surface area contributed by atoms with Crippen molar-refractivity contribution < 1.29 is 14.7 Å². The lowest BCUT2D eigenvalue weighted by Gasteiger charge is -2.36. The van der Waals surface area contributed by atoms with Crippen molar-refractivity contribution in [1.29, 1.82) is 0 Å². The standard InChI is InChI=1S/C13H22N2O3/c1-10-6-5-9-15(10)12(18)14-13(11(16)17)7-3-2-4-8-13/h10H,2-9H2,1H3,(H,14,18)(H,16,17). The number of hydrogen-bond donors (Lipinski definition) is 2. The molecule has 1 saturated carbocycles. The molecule has 1 atom stereocenters. The van der Waals surface area contributed by atoms with Gasteiger partial charge in [-0.3, -0.25) is 0 Å². The lowest BCUT2D eigenvalue weighted by atomic mass is 9.82. The molecule has 2 N–H and O–H groups in total. The lowest BCUT2D eigenvalue weighted by molar-refractivity contribution is -0.146. The number of amides is 2. The molecule has 102 valence electrons. The van der Waals surface area contributed by atoms with E-state index in [0.29, 0.717) is 12.8 Å². The number of hydrogen-bond acceptors (Lipinski definition) is 2. The molecule has 1 heterocycles. The molecule has 0 aromatic rings. The zero-order valence-corrected chi connectivity index (χ0v) is 10.9. The fourth-order valence-corrected chi connectivity index (χ4v) is 3.06. The Morgan fingerprint density at radius 2 is 1.89 bits per heavy atom. The number of likely N-dealkylation sites (tertiary alicyclic amines) is 1. The average Bonchev–Trinajstić information content (AvgIpc) is 2.76. The van der Waals surface area contributed by atoms with Gasteiger partial charge in [0.2, 0.25) is 0 Å². The Morgan fingerprint density at radius 3 is 2.39 bits per heavy atom. The Kier molecular flexibility index (Phi) is 3.78. The quantitative estimate of drug-likeness (QED) is 0.791. The molecule has 2 fully saturated rings. The van der Waals surface area contributed by atoms with Crippen LogP contribution in [0.25, 0.3) is 0 Å². The first-order chi connectivity index (χ1) is 8.55. The minimum absolute atomic E-state index is 0.204. The molecule has 18 heavy (non-hydrogen) atoms. The van der Waals surface area contributed by atoms with Crippen LogP contribution in [-0.4, -0.2) is 40.1 Å². The van der Waals surface area contributed by atoms with Gasteiger partial charge >= 0.3 is 12.0 Å². The Balaban J connectivity index is 2.04. The Labute approximate surface area is 108 Å². The number of nitrogens with zero attached hydrogens (tertiary/aromatic N) is 1. The van der Waals surface area contributed by atoms with E-state index in [9.17, 15) is 14.7 Å². The van der Waals surface area contributed by atoms with Crippen molar-refractivity contribution in [2.45, 2.75) is 63.5 Å². The highest BCUT2D eigenvalue weighted by molar-refractivity contribution is 5.86. The molecule has 5 heteroatoms. The van der Waals surface area contributed by atoms with Crippen molar-refractivity contribution in [3.05, 3.63) is 0 Å². The van der Waals surface area contributed by atoms with Gasteiger partial charge in [-0.15, -0.1) is 0 Å². The zero-order chi connectivity index (χ0) is 13.2. The number of urea groups is 1. The first-order valence-electron chi connectivity index (χ1n) is 6.87. The molecule has 0 radical (unpaired) electrons. The van der Waals surface area contributed by atoms with Gasteiger partial charge in [-0.1, -0.05) is 19.3 Å². The highest BCUT2D eigenvalue weighted by Gasteiger charge is 2.42. The molecular formula is C13H22N2O3. The van der Waals surface area contributed by atoms with E-state index in [4.69, 9.17) is 0 Å². The predicted molar refractivity (Wildman–Crippen MR) is 67.4 cm³/mol. The Hall–Kier alpha value is -1.26. The summed E-state index contributed by atoms with van der Waals surface area (Å²) in [5.41, 5.74) is -1.03. The van der Waals surface area contributed by atoms with Gasteiger partial charge in [0.1, 0.15) is 5.54 Å².